The van der Waals surface area contributed by atoms with Crippen molar-refractivity contribution in [3.8, 4) is 11.1 Å². The van der Waals surface area contributed by atoms with Crippen LogP contribution in [0.1, 0.15) is 22.0 Å². The Morgan fingerprint density at radius 1 is 1.08 bits per heavy atom. The predicted molar refractivity (Wildman–Crippen MR) is 89.9 cm³/mol. The molecule has 25 heavy (non-hydrogen) atoms. The van der Waals surface area contributed by atoms with Gasteiger partial charge in [-0.1, -0.05) is 30.3 Å². The normalized spacial score (nSPS) is 12.0. The Labute approximate surface area is 143 Å². The van der Waals surface area contributed by atoms with Crippen molar-refractivity contribution in [3.05, 3.63) is 83.7 Å². The van der Waals surface area contributed by atoms with Crippen LogP contribution in [0.2, 0.25) is 0 Å². The van der Waals surface area contributed by atoms with Crippen molar-refractivity contribution in [3.63, 3.8) is 0 Å². The number of carbonyl (C=O) groups excluding carboxylic acids is 1. The van der Waals surface area contributed by atoms with Crippen molar-refractivity contribution < 1.29 is 18.7 Å². The Balaban J connectivity index is 1.71. The van der Waals surface area contributed by atoms with Crippen molar-refractivity contribution >= 4 is 5.91 Å². The molecule has 1 atom stereocenters. The summed E-state index contributed by atoms with van der Waals surface area (Å²) in [5.41, 5.74) is 1.77. The van der Waals surface area contributed by atoms with Gasteiger partial charge < -0.3 is 15.4 Å². The molecule has 2 aromatic carbocycles. The minimum Gasteiger partial charge on any atom is -0.386 e. The van der Waals surface area contributed by atoms with E-state index in [1.807, 2.05) is 0 Å². The third kappa shape index (κ3) is 3.75. The highest BCUT2D eigenvalue weighted by atomic mass is 19.1. The first-order valence-electron chi connectivity index (χ1n) is 7.69. The topological polar surface area (TPSA) is 65.1 Å². The minimum absolute atomic E-state index is 0.121. The standard InChI is InChI=1S/C19H16F2N2O2/c20-13-7-5-12(6-8-13)15-9-22-10-16(15)19(25)23-11-18(24)14-3-1-2-4-17(14)21/h1-10,18,22,24H,11H2,(H,23,25). The van der Waals surface area contributed by atoms with Crippen molar-refractivity contribution in [2.45, 2.75) is 6.10 Å². The van der Waals surface area contributed by atoms with Crippen LogP contribution in [0.15, 0.2) is 60.9 Å². The van der Waals surface area contributed by atoms with E-state index >= 15 is 0 Å². The molecule has 0 radical (unpaired) electrons. The van der Waals surface area contributed by atoms with Crippen LogP contribution in [-0.2, 0) is 0 Å². The molecule has 3 rings (SSSR count). The maximum atomic E-state index is 13.6. The molecule has 0 bridgehead atoms. The van der Waals surface area contributed by atoms with Gasteiger partial charge in [0.2, 0.25) is 0 Å². The first-order chi connectivity index (χ1) is 12.1. The lowest BCUT2D eigenvalue weighted by molar-refractivity contribution is 0.0915. The summed E-state index contributed by atoms with van der Waals surface area (Å²) in [5, 5.41) is 12.6. The molecule has 6 heteroatoms. The number of nitrogens with one attached hydrogen (secondary N) is 2. The lowest BCUT2D eigenvalue weighted by atomic mass is 10.0. The van der Waals surface area contributed by atoms with Gasteiger partial charge in [-0.05, 0) is 23.8 Å². The summed E-state index contributed by atoms with van der Waals surface area (Å²) in [7, 11) is 0. The van der Waals surface area contributed by atoms with Gasteiger partial charge in [-0.25, -0.2) is 8.78 Å². The highest BCUT2D eigenvalue weighted by Crippen LogP contribution is 2.24. The summed E-state index contributed by atoms with van der Waals surface area (Å²) in [6.07, 6.45) is 2.00. The Bertz CT molecular complexity index is 875. The van der Waals surface area contributed by atoms with Gasteiger partial charge in [0.25, 0.3) is 5.91 Å². The molecule has 1 unspecified atom stereocenters. The third-order valence-corrected chi connectivity index (χ3v) is 3.87. The number of rotatable bonds is 5. The number of aliphatic hydroxyl groups excluding tert-OH is 1. The monoisotopic (exact) mass is 342 g/mol. The molecule has 0 aliphatic heterocycles. The van der Waals surface area contributed by atoms with E-state index in [0.29, 0.717) is 16.7 Å². The zero-order valence-corrected chi connectivity index (χ0v) is 13.2. The second-order valence-electron chi connectivity index (χ2n) is 5.54. The van der Waals surface area contributed by atoms with Crippen LogP contribution in [0, 0.1) is 11.6 Å². The average Bonchev–Trinajstić information content (AvgIpc) is 3.10. The van der Waals surface area contributed by atoms with Gasteiger partial charge in [-0.2, -0.15) is 0 Å². The fraction of sp³-hybridized carbons (Fsp3) is 0.105. The van der Waals surface area contributed by atoms with Crippen LogP contribution in [-0.4, -0.2) is 22.5 Å². The highest BCUT2D eigenvalue weighted by Gasteiger charge is 2.17. The van der Waals surface area contributed by atoms with Crippen LogP contribution in [0.5, 0.6) is 0 Å². The Morgan fingerprint density at radius 3 is 2.52 bits per heavy atom. The molecule has 1 amide bonds. The molecular formula is C19H16F2N2O2. The smallest absolute Gasteiger partial charge is 0.253 e. The highest BCUT2D eigenvalue weighted by molar-refractivity contribution is 6.00. The lowest BCUT2D eigenvalue weighted by Crippen LogP contribution is -2.28. The van der Waals surface area contributed by atoms with E-state index in [0.717, 1.165) is 0 Å². The maximum absolute atomic E-state index is 13.6. The molecule has 3 N–H and O–H groups in total. The van der Waals surface area contributed by atoms with Gasteiger partial charge in [0.15, 0.2) is 0 Å². The Hall–Kier alpha value is -2.99. The van der Waals surface area contributed by atoms with Gasteiger partial charge in [0.05, 0.1) is 11.7 Å². The van der Waals surface area contributed by atoms with Gasteiger partial charge in [-0.15, -0.1) is 0 Å². The molecule has 4 nitrogen and oxygen atoms in total. The van der Waals surface area contributed by atoms with Crippen LogP contribution in [0.3, 0.4) is 0 Å². The van der Waals surface area contributed by atoms with Gasteiger partial charge >= 0.3 is 0 Å². The first-order valence-corrected chi connectivity index (χ1v) is 7.69. The second kappa shape index (κ2) is 7.27. The zero-order chi connectivity index (χ0) is 17.8. The van der Waals surface area contributed by atoms with Crippen molar-refractivity contribution in [2.24, 2.45) is 0 Å². The van der Waals surface area contributed by atoms with Crippen LogP contribution in [0.4, 0.5) is 8.78 Å². The number of hydrogen-bond acceptors (Lipinski definition) is 2. The quantitative estimate of drug-likeness (QED) is 0.665. The van der Waals surface area contributed by atoms with Gasteiger partial charge in [-0.3, -0.25) is 4.79 Å². The van der Waals surface area contributed by atoms with Crippen molar-refractivity contribution in [1.82, 2.24) is 10.3 Å². The maximum Gasteiger partial charge on any atom is 0.253 e. The number of aromatic amines is 1. The summed E-state index contributed by atoms with van der Waals surface area (Å²) in [4.78, 5) is 15.2. The number of hydrogen-bond donors (Lipinski definition) is 3. The number of amides is 1. The molecule has 0 spiro atoms. The first kappa shape index (κ1) is 16.9. The second-order valence-corrected chi connectivity index (χ2v) is 5.54. The molecule has 3 aromatic rings. The SMILES string of the molecule is O=C(NCC(O)c1ccccc1F)c1c[nH]cc1-c1ccc(F)cc1. The number of aliphatic hydroxyl groups is 1. The summed E-state index contributed by atoms with van der Waals surface area (Å²) in [6, 6.07) is 11.6. The lowest BCUT2D eigenvalue weighted by Gasteiger charge is -2.13. The van der Waals surface area contributed by atoms with Crippen LogP contribution < -0.4 is 5.32 Å². The number of carbonyl (C=O) groups is 1. The summed E-state index contributed by atoms with van der Waals surface area (Å²) < 4.78 is 26.7. The van der Waals surface area contributed by atoms with E-state index < -0.39 is 17.8 Å². The average molecular weight is 342 g/mol. The van der Waals surface area contributed by atoms with Crippen molar-refractivity contribution in [1.29, 1.82) is 0 Å². The fourth-order valence-corrected chi connectivity index (χ4v) is 2.56. The molecule has 0 aliphatic carbocycles. The van der Waals surface area contributed by atoms with Crippen LogP contribution >= 0.6 is 0 Å². The predicted octanol–water partition coefficient (Wildman–Crippen LogP) is 3.42. The summed E-state index contributed by atoms with van der Waals surface area (Å²) >= 11 is 0. The van der Waals surface area contributed by atoms with E-state index in [4.69, 9.17) is 0 Å². The number of benzene rings is 2. The van der Waals surface area contributed by atoms with E-state index in [2.05, 4.69) is 10.3 Å². The zero-order valence-electron chi connectivity index (χ0n) is 13.2. The number of halogens is 2. The summed E-state index contributed by atoms with van der Waals surface area (Å²) in [6.45, 7) is -0.131. The third-order valence-electron chi connectivity index (χ3n) is 3.87. The number of aromatic nitrogens is 1. The molecular weight excluding hydrogens is 326 g/mol. The molecule has 1 heterocycles. The number of H-pyrrole nitrogens is 1. The summed E-state index contributed by atoms with van der Waals surface area (Å²) in [5.74, 6) is -1.31. The van der Waals surface area contributed by atoms with E-state index in [-0.39, 0.29) is 17.9 Å². The van der Waals surface area contributed by atoms with E-state index in [9.17, 15) is 18.7 Å². The molecule has 1 aromatic heterocycles. The van der Waals surface area contributed by atoms with Gasteiger partial charge in [0, 0.05) is 30.1 Å². The molecule has 128 valence electrons. The molecule has 0 fully saturated rings. The Kier molecular flexibility index (Phi) is 4.90. The largest absolute Gasteiger partial charge is 0.386 e. The molecule has 0 saturated carbocycles. The van der Waals surface area contributed by atoms with Crippen LogP contribution in [0.25, 0.3) is 11.1 Å². The fourth-order valence-electron chi connectivity index (χ4n) is 2.56. The van der Waals surface area contributed by atoms with Crippen molar-refractivity contribution in [2.75, 3.05) is 6.54 Å². The Morgan fingerprint density at radius 2 is 1.80 bits per heavy atom. The van der Waals surface area contributed by atoms with E-state index in [1.54, 1.807) is 24.4 Å². The molecule has 0 aliphatic rings. The molecule has 0 saturated heterocycles. The van der Waals surface area contributed by atoms with E-state index in [1.165, 1.54) is 36.5 Å². The minimum atomic E-state index is -1.15. The van der Waals surface area contributed by atoms with Gasteiger partial charge in [0.1, 0.15) is 11.6 Å².